The number of halogens is 1. The van der Waals surface area contributed by atoms with Gasteiger partial charge in [-0.05, 0) is 36.8 Å². The van der Waals surface area contributed by atoms with E-state index in [4.69, 9.17) is 0 Å². The number of nitrogens with zero attached hydrogens (tertiary/aromatic N) is 1. The minimum atomic E-state index is -3.86. The summed E-state index contributed by atoms with van der Waals surface area (Å²) in [7, 11) is -3.86. The second-order valence-electron chi connectivity index (χ2n) is 4.90. The number of aryl methyl sites for hydroxylation is 1. The first-order valence-electron chi connectivity index (χ1n) is 6.60. The summed E-state index contributed by atoms with van der Waals surface area (Å²) in [5, 5.41) is 0.723. The van der Waals surface area contributed by atoms with Crippen molar-refractivity contribution < 1.29 is 12.8 Å². The van der Waals surface area contributed by atoms with Crippen LogP contribution in [0, 0.1) is 12.7 Å². The van der Waals surface area contributed by atoms with Crippen molar-refractivity contribution in [1.82, 2.24) is 4.98 Å². The van der Waals surface area contributed by atoms with Crippen molar-refractivity contribution in [2.75, 3.05) is 4.72 Å². The van der Waals surface area contributed by atoms with E-state index in [0.29, 0.717) is 11.1 Å². The summed E-state index contributed by atoms with van der Waals surface area (Å²) >= 11 is 0. The third-order valence-electron chi connectivity index (χ3n) is 3.33. The van der Waals surface area contributed by atoms with Gasteiger partial charge in [0.15, 0.2) is 0 Å². The summed E-state index contributed by atoms with van der Waals surface area (Å²) in [4.78, 5) is 4.20. The van der Waals surface area contributed by atoms with Gasteiger partial charge in [0.05, 0.1) is 11.2 Å². The molecule has 1 heterocycles. The fourth-order valence-corrected chi connectivity index (χ4v) is 3.50. The lowest BCUT2D eigenvalue weighted by molar-refractivity contribution is 0.601. The average molecular weight is 316 g/mol. The maximum Gasteiger partial charge on any atom is 0.264 e. The van der Waals surface area contributed by atoms with Crippen LogP contribution in [0.15, 0.2) is 59.6 Å². The van der Waals surface area contributed by atoms with Gasteiger partial charge >= 0.3 is 0 Å². The largest absolute Gasteiger partial charge is 0.279 e. The highest BCUT2D eigenvalue weighted by molar-refractivity contribution is 7.93. The molecule has 0 spiro atoms. The molecule has 2 aromatic carbocycles. The molecule has 0 saturated carbocycles. The Morgan fingerprint density at radius 1 is 1.09 bits per heavy atom. The number of hydrogen-bond acceptors (Lipinski definition) is 3. The fraction of sp³-hybridized carbons (Fsp3) is 0.0625. The van der Waals surface area contributed by atoms with E-state index < -0.39 is 15.8 Å². The number of fused-ring (bicyclic) bond motifs is 1. The Hall–Kier alpha value is -2.47. The van der Waals surface area contributed by atoms with Crippen molar-refractivity contribution in [2.45, 2.75) is 11.8 Å². The number of rotatable bonds is 3. The normalized spacial score (nSPS) is 11.5. The molecule has 0 aliphatic carbocycles. The Balaban J connectivity index is 2.11. The number of para-hydroxylation sites is 1. The zero-order valence-electron chi connectivity index (χ0n) is 11.7. The Morgan fingerprint density at radius 3 is 2.68 bits per heavy atom. The lowest BCUT2D eigenvalue weighted by Gasteiger charge is -2.12. The molecule has 0 fully saturated rings. The predicted octanol–water partition coefficient (Wildman–Crippen LogP) is 3.48. The van der Waals surface area contributed by atoms with Gasteiger partial charge in [0.2, 0.25) is 0 Å². The number of anilines is 1. The molecule has 3 rings (SSSR count). The standard InChI is InChI=1S/C16H13FN2O2S/c1-11-7-8-13(17)10-14(11)19-22(20,21)15-6-2-4-12-5-3-9-18-16(12)15/h2-10,19H,1H3. The van der Waals surface area contributed by atoms with Gasteiger partial charge in [0, 0.05) is 11.6 Å². The number of hydrogen-bond donors (Lipinski definition) is 1. The van der Waals surface area contributed by atoms with E-state index >= 15 is 0 Å². The third kappa shape index (κ3) is 2.65. The minimum absolute atomic E-state index is 0.0641. The van der Waals surface area contributed by atoms with Crippen LogP contribution in [0.1, 0.15) is 5.56 Å². The van der Waals surface area contributed by atoms with Crippen molar-refractivity contribution in [1.29, 1.82) is 0 Å². The Bertz CT molecular complexity index is 950. The highest BCUT2D eigenvalue weighted by Crippen LogP contribution is 2.25. The first-order chi connectivity index (χ1) is 10.5. The highest BCUT2D eigenvalue weighted by Gasteiger charge is 2.19. The number of sulfonamides is 1. The Labute approximate surface area is 127 Å². The molecule has 0 saturated heterocycles. The van der Waals surface area contributed by atoms with E-state index in [1.54, 1.807) is 31.2 Å². The number of pyridine rings is 1. The summed E-state index contributed by atoms with van der Waals surface area (Å²) in [5.41, 5.74) is 1.23. The average Bonchev–Trinajstić information content (AvgIpc) is 2.50. The molecular formula is C16H13FN2O2S. The maximum absolute atomic E-state index is 13.3. The summed E-state index contributed by atoms with van der Waals surface area (Å²) in [5.74, 6) is -0.501. The van der Waals surface area contributed by atoms with Gasteiger partial charge in [-0.2, -0.15) is 0 Å². The van der Waals surface area contributed by atoms with Crippen LogP contribution in [0.3, 0.4) is 0 Å². The molecule has 22 heavy (non-hydrogen) atoms. The van der Waals surface area contributed by atoms with E-state index in [1.165, 1.54) is 24.4 Å². The van der Waals surface area contributed by atoms with Crippen molar-refractivity contribution in [3.05, 3.63) is 66.1 Å². The first kappa shape index (κ1) is 14.5. The first-order valence-corrected chi connectivity index (χ1v) is 8.08. The van der Waals surface area contributed by atoms with Crippen molar-refractivity contribution in [3.63, 3.8) is 0 Å². The van der Waals surface area contributed by atoms with Crippen LogP contribution in [0.5, 0.6) is 0 Å². The molecule has 0 bridgehead atoms. The van der Waals surface area contributed by atoms with E-state index in [-0.39, 0.29) is 10.6 Å². The van der Waals surface area contributed by atoms with Gasteiger partial charge in [0.1, 0.15) is 10.7 Å². The van der Waals surface area contributed by atoms with Gasteiger partial charge in [-0.25, -0.2) is 12.8 Å². The quantitative estimate of drug-likeness (QED) is 0.805. The van der Waals surface area contributed by atoms with Crippen molar-refractivity contribution in [3.8, 4) is 0 Å². The van der Waals surface area contributed by atoms with Gasteiger partial charge in [-0.3, -0.25) is 9.71 Å². The minimum Gasteiger partial charge on any atom is -0.279 e. The van der Waals surface area contributed by atoms with Crippen LogP contribution < -0.4 is 4.72 Å². The van der Waals surface area contributed by atoms with Gasteiger partial charge in [-0.1, -0.05) is 24.3 Å². The summed E-state index contributed by atoms with van der Waals surface area (Å²) in [6.45, 7) is 1.71. The SMILES string of the molecule is Cc1ccc(F)cc1NS(=O)(=O)c1cccc2cccnc12. The number of aromatic nitrogens is 1. The monoisotopic (exact) mass is 316 g/mol. The topological polar surface area (TPSA) is 59.1 Å². The van der Waals surface area contributed by atoms with Crippen LogP contribution in [-0.4, -0.2) is 13.4 Å². The Kier molecular flexibility index (Phi) is 3.54. The second kappa shape index (κ2) is 5.38. The zero-order chi connectivity index (χ0) is 15.7. The van der Waals surface area contributed by atoms with Crippen LogP contribution in [0.25, 0.3) is 10.9 Å². The van der Waals surface area contributed by atoms with Crippen molar-refractivity contribution in [2.24, 2.45) is 0 Å². The highest BCUT2D eigenvalue weighted by atomic mass is 32.2. The van der Waals surface area contributed by atoms with Crippen molar-refractivity contribution >= 4 is 26.6 Å². The summed E-state index contributed by atoms with van der Waals surface area (Å²) in [6.07, 6.45) is 1.54. The second-order valence-corrected chi connectivity index (χ2v) is 6.55. The van der Waals surface area contributed by atoms with E-state index in [2.05, 4.69) is 9.71 Å². The van der Waals surface area contributed by atoms with Crippen LogP contribution >= 0.6 is 0 Å². The van der Waals surface area contributed by atoms with E-state index in [0.717, 1.165) is 11.5 Å². The lowest BCUT2D eigenvalue weighted by atomic mass is 10.2. The van der Waals surface area contributed by atoms with Crippen LogP contribution in [0.4, 0.5) is 10.1 Å². The number of benzene rings is 2. The van der Waals surface area contributed by atoms with Gasteiger partial charge in [0.25, 0.3) is 10.0 Å². The zero-order valence-corrected chi connectivity index (χ0v) is 12.6. The molecule has 0 radical (unpaired) electrons. The van der Waals surface area contributed by atoms with Crippen LogP contribution in [0.2, 0.25) is 0 Å². The van der Waals surface area contributed by atoms with Gasteiger partial charge < -0.3 is 0 Å². The third-order valence-corrected chi connectivity index (χ3v) is 4.73. The molecule has 1 aromatic heterocycles. The summed E-state index contributed by atoms with van der Waals surface area (Å²) in [6, 6.07) is 12.4. The molecule has 112 valence electrons. The fourth-order valence-electron chi connectivity index (χ4n) is 2.20. The maximum atomic E-state index is 13.3. The smallest absolute Gasteiger partial charge is 0.264 e. The van der Waals surface area contributed by atoms with Gasteiger partial charge in [-0.15, -0.1) is 0 Å². The molecule has 0 aliphatic rings. The lowest BCUT2D eigenvalue weighted by Crippen LogP contribution is -2.14. The molecule has 6 heteroatoms. The molecule has 3 aromatic rings. The number of nitrogens with one attached hydrogen (secondary N) is 1. The van der Waals surface area contributed by atoms with Crippen LogP contribution in [-0.2, 0) is 10.0 Å². The molecular weight excluding hydrogens is 303 g/mol. The molecule has 1 N–H and O–H groups in total. The predicted molar refractivity (Wildman–Crippen MR) is 83.7 cm³/mol. The molecule has 4 nitrogen and oxygen atoms in total. The Morgan fingerprint density at radius 2 is 1.86 bits per heavy atom. The summed E-state index contributed by atoms with van der Waals surface area (Å²) < 4.78 is 41.0. The molecule has 0 aliphatic heterocycles. The molecule has 0 amide bonds. The van der Waals surface area contributed by atoms with E-state index in [1.807, 2.05) is 0 Å². The molecule has 0 atom stereocenters. The molecule has 0 unspecified atom stereocenters. The van der Waals surface area contributed by atoms with E-state index in [9.17, 15) is 12.8 Å².